The number of hydrogen-bond donors (Lipinski definition) is 1. The molecular formula is C21H27N3O2. The molecule has 1 spiro atoms. The molecule has 3 aliphatic rings. The van der Waals surface area contributed by atoms with Gasteiger partial charge in [-0.25, -0.2) is 0 Å². The van der Waals surface area contributed by atoms with Crippen LogP contribution in [0, 0.1) is 0 Å². The highest BCUT2D eigenvalue weighted by Gasteiger charge is 2.41. The van der Waals surface area contributed by atoms with Crippen molar-refractivity contribution in [3.63, 3.8) is 0 Å². The van der Waals surface area contributed by atoms with Crippen molar-refractivity contribution in [1.29, 1.82) is 0 Å². The standard InChI is InChI=1S/C21H27N3O2/c22-23-15-18(7-13-25)16-4-5-20-17(14-16)6-8-21(26-20)9-11-24(12-10-21)19-2-1-3-19/h4-5,7,13-15,19H,1-3,6,8-12,22H2/b18-7+,23-15-. The van der Waals surface area contributed by atoms with E-state index in [9.17, 15) is 4.79 Å². The second-order valence-corrected chi connectivity index (χ2v) is 7.76. The van der Waals surface area contributed by atoms with Gasteiger partial charge in [0.1, 0.15) is 17.6 Å². The highest BCUT2D eigenvalue weighted by atomic mass is 16.5. The van der Waals surface area contributed by atoms with Gasteiger partial charge in [-0.3, -0.25) is 4.79 Å². The van der Waals surface area contributed by atoms with E-state index in [1.807, 2.05) is 12.1 Å². The number of ether oxygens (including phenoxy) is 1. The molecule has 1 aromatic rings. The fourth-order valence-electron chi connectivity index (χ4n) is 4.47. The number of hydrazone groups is 1. The average Bonchev–Trinajstić information content (AvgIpc) is 2.62. The molecule has 2 N–H and O–H groups in total. The molecule has 5 nitrogen and oxygen atoms in total. The summed E-state index contributed by atoms with van der Waals surface area (Å²) in [5.74, 6) is 6.25. The van der Waals surface area contributed by atoms with Crippen molar-refractivity contribution in [2.24, 2.45) is 10.9 Å². The van der Waals surface area contributed by atoms with E-state index < -0.39 is 0 Å². The van der Waals surface area contributed by atoms with E-state index in [2.05, 4.69) is 16.1 Å². The summed E-state index contributed by atoms with van der Waals surface area (Å²) in [6.07, 6.45) is 12.2. The van der Waals surface area contributed by atoms with Crippen LogP contribution in [0.1, 0.15) is 49.7 Å². The molecule has 0 aromatic heterocycles. The number of nitrogens with two attached hydrogens (primary N) is 1. The van der Waals surface area contributed by atoms with Crippen LogP contribution in [0.3, 0.4) is 0 Å². The van der Waals surface area contributed by atoms with Gasteiger partial charge in [0.2, 0.25) is 0 Å². The summed E-state index contributed by atoms with van der Waals surface area (Å²) in [6.45, 7) is 2.33. The third-order valence-corrected chi connectivity index (χ3v) is 6.33. The second kappa shape index (κ2) is 7.23. The largest absolute Gasteiger partial charge is 0.487 e. The Balaban J connectivity index is 1.48. The number of carbonyl (C=O) groups is 1. The second-order valence-electron chi connectivity index (χ2n) is 7.76. The van der Waals surface area contributed by atoms with Crippen LogP contribution >= 0.6 is 0 Å². The Morgan fingerprint density at radius 3 is 2.73 bits per heavy atom. The van der Waals surface area contributed by atoms with Crippen molar-refractivity contribution < 1.29 is 9.53 Å². The monoisotopic (exact) mass is 353 g/mol. The molecule has 2 aliphatic heterocycles. The molecule has 4 rings (SSSR count). The van der Waals surface area contributed by atoms with Crippen LogP contribution in [0.2, 0.25) is 0 Å². The first-order valence-corrected chi connectivity index (χ1v) is 9.68. The number of likely N-dealkylation sites (tertiary alicyclic amines) is 1. The third kappa shape index (κ3) is 3.28. The molecule has 0 amide bonds. The lowest BCUT2D eigenvalue weighted by atomic mass is 9.81. The van der Waals surface area contributed by atoms with Crippen molar-refractivity contribution >= 4 is 18.1 Å². The summed E-state index contributed by atoms with van der Waals surface area (Å²) in [6, 6.07) is 6.95. The number of nitrogens with zero attached hydrogens (tertiary/aromatic N) is 2. The fraction of sp³-hybridized carbons (Fsp3) is 0.524. The van der Waals surface area contributed by atoms with E-state index in [0.29, 0.717) is 0 Å². The quantitative estimate of drug-likeness (QED) is 0.297. The number of carbonyl (C=O) groups excluding carboxylic acids is 1. The molecule has 1 aliphatic carbocycles. The topological polar surface area (TPSA) is 67.9 Å². The molecule has 2 heterocycles. The Kier molecular flexibility index (Phi) is 4.81. The molecule has 1 saturated carbocycles. The molecule has 5 heteroatoms. The maximum absolute atomic E-state index is 10.8. The van der Waals surface area contributed by atoms with Gasteiger partial charge in [0.05, 0.1) is 6.21 Å². The number of allylic oxidation sites excluding steroid dienone is 2. The van der Waals surface area contributed by atoms with E-state index in [4.69, 9.17) is 10.6 Å². The Labute approximate surface area is 154 Å². The van der Waals surface area contributed by atoms with Gasteiger partial charge in [-0.05, 0) is 67.9 Å². The maximum Gasteiger partial charge on any atom is 0.143 e. The summed E-state index contributed by atoms with van der Waals surface area (Å²) >= 11 is 0. The number of hydrogen-bond acceptors (Lipinski definition) is 5. The van der Waals surface area contributed by atoms with Gasteiger partial charge in [0.25, 0.3) is 0 Å². The summed E-state index contributed by atoms with van der Waals surface area (Å²) in [5.41, 5.74) is 2.88. The molecule has 0 unspecified atom stereocenters. The summed E-state index contributed by atoms with van der Waals surface area (Å²) in [7, 11) is 0. The van der Waals surface area contributed by atoms with Crippen LogP contribution in [-0.4, -0.2) is 42.1 Å². The first-order valence-electron chi connectivity index (χ1n) is 9.68. The van der Waals surface area contributed by atoms with Crippen molar-refractivity contribution in [1.82, 2.24) is 4.90 Å². The van der Waals surface area contributed by atoms with Gasteiger partial charge in [0.15, 0.2) is 0 Å². The zero-order chi connectivity index (χ0) is 18.0. The Hall–Kier alpha value is -2.14. The third-order valence-electron chi connectivity index (χ3n) is 6.33. The molecule has 1 aromatic carbocycles. The molecule has 1 saturated heterocycles. The van der Waals surface area contributed by atoms with Crippen LogP contribution in [0.4, 0.5) is 0 Å². The fourth-order valence-corrected chi connectivity index (χ4v) is 4.47. The zero-order valence-corrected chi connectivity index (χ0v) is 15.2. The maximum atomic E-state index is 10.8. The van der Waals surface area contributed by atoms with Crippen LogP contribution in [0.15, 0.2) is 29.4 Å². The van der Waals surface area contributed by atoms with E-state index in [0.717, 1.165) is 68.0 Å². The van der Waals surface area contributed by atoms with Crippen LogP contribution in [0.5, 0.6) is 5.75 Å². The van der Waals surface area contributed by atoms with Gasteiger partial charge in [-0.1, -0.05) is 12.5 Å². The number of fused-ring (bicyclic) bond motifs is 1. The number of aryl methyl sites for hydroxylation is 1. The molecule has 2 fully saturated rings. The lowest BCUT2D eigenvalue weighted by molar-refractivity contribution is -0.104. The average molecular weight is 353 g/mol. The summed E-state index contributed by atoms with van der Waals surface area (Å²) in [5, 5.41) is 3.56. The zero-order valence-electron chi connectivity index (χ0n) is 15.2. The number of rotatable bonds is 4. The Morgan fingerprint density at radius 1 is 1.27 bits per heavy atom. The predicted molar refractivity (Wildman–Crippen MR) is 103 cm³/mol. The molecule has 0 bridgehead atoms. The number of aldehydes is 1. The minimum atomic E-state index is 0.00888. The van der Waals surface area contributed by atoms with Gasteiger partial charge >= 0.3 is 0 Å². The van der Waals surface area contributed by atoms with E-state index in [1.165, 1.54) is 37.1 Å². The van der Waals surface area contributed by atoms with Crippen molar-refractivity contribution in [3.05, 3.63) is 35.4 Å². The number of benzene rings is 1. The highest BCUT2D eigenvalue weighted by Crippen LogP contribution is 2.41. The van der Waals surface area contributed by atoms with Crippen molar-refractivity contribution in [2.45, 2.75) is 56.6 Å². The molecule has 0 atom stereocenters. The Bertz CT molecular complexity index is 729. The SMILES string of the molecule is N/N=C\C(=C/C=O)c1ccc2c(c1)CCC1(CCN(C3CCC3)CC1)O2. The lowest BCUT2D eigenvalue weighted by Crippen LogP contribution is -2.53. The molecule has 0 radical (unpaired) electrons. The minimum Gasteiger partial charge on any atom is -0.487 e. The van der Waals surface area contributed by atoms with E-state index >= 15 is 0 Å². The molecule has 138 valence electrons. The molecular weight excluding hydrogens is 326 g/mol. The van der Waals surface area contributed by atoms with E-state index in [1.54, 1.807) is 0 Å². The lowest BCUT2D eigenvalue weighted by Gasteiger charge is -2.48. The summed E-state index contributed by atoms with van der Waals surface area (Å²) < 4.78 is 6.52. The summed E-state index contributed by atoms with van der Waals surface area (Å²) in [4.78, 5) is 13.5. The predicted octanol–water partition coefficient (Wildman–Crippen LogP) is 2.93. The van der Waals surface area contributed by atoms with Crippen molar-refractivity contribution in [3.8, 4) is 5.75 Å². The van der Waals surface area contributed by atoms with Gasteiger partial charge in [-0.15, -0.1) is 0 Å². The smallest absolute Gasteiger partial charge is 0.143 e. The first kappa shape index (κ1) is 17.3. The van der Waals surface area contributed by atoms with Gasteiger partial charge < -0.3 is 15.5 Å². The van der Waals surface area contributed by atoms with E-state index in [-0.39, 0.29) is 5.60 Å². The number of piperidine rings is 1. The highest BCUT2D eigenvalue weighted by molar-refractivity contribution is 6.13. The van der Waals surface area contributed by atoms with Gasteiger partial charge in [0, 0.05) is 24.7 Å². The first-order chi connectivity index (χ1) is 12.7. The normalized spacial score (nSPS) is 23.5. The van der Waals surface area contributed by atoms with Crippen LogP contribution < -0.4 is 10.6 Å². The van der Waals surface area contributed by atoms with Crippen molar-refractivity contribution in [2.75, 3.05) is 13.1 Å². The molecule has 26 heavy (non-hydrogen) atoms. The van der Waals surface area contributed by atoms with Gasteiger partial charge in [-0.2, -0.15) is 5.10 Å². The van der Waals surface area contributed by atoms with Crippen LogP contribution in [0.25, 0.3) is 5.57 Å². The minimum absolute atomic E-state index is 0.00888. The Morgan fingerprint density at radius 2 is 2.08 bits per heavy atom. The van der Waals surface area contributed by atoms with Crippen LogP contribution in [-0.2, 0) is 11.2 Å².